The fourth-order valence-electron chi connectivity index (χ4n) is 1.60. The molecule has 5 nitrogen and oxygen atoms in total. The zero-order valence-electron chi connectivity index (χ0n) is 9.82. The highest BCUT2D eigenvalue weighted by molar-refractivity contribution is 5.98. The molecule has 1 amide bonds. The van der Waals surface area contributed by atoms with Gasteiger partial charge in [-0.3, -0.25) is 4.90 Å². The van der Waals surface area contributed by atoms with Crippen molar-refractivity contribution in [3.63, 3.8) is 0 Å². The lowest BCUT2D eigenvalue weighted by atomic mass is 10.2. The van der Waals surface area contributed by atoms with Crippen LogP contribution >= 0.6 is 0 Å². The first-order valence-electron chi connectivity index (χ1n) is 5.63. The van der Waals surface area contributed by atoms with Crippen molar-refractivity contribution in [2.24, 2.45) is 5.16 Å². The number of amides is 1. The van der Waals surface area contributed by atoms with E-state index in [4.69, 9.17) is 9.94 Å². The molecule has 0 aromatic heterocycles. The van der Waals surface area contributed by atoms with Crippen LogP contribution in [0.15, 0.2) is 47.6 Å². The Kier molecular flexibility index (Phi) is 3.96. The Labute approximate surface area is 105 Å². The van der Waals surface area contributed by atoms with Crippen LogP contribution in [0.25, 0.3) is 0 Å². The lowest BCUT2D eigenvalue weighted by Gasteiger charge is -2.20. The zero-order chi connectivity index (χ0) is 12.8. The number of hydrogen-bond donors (Lipinski definition) is 1. The smallest absolute Gasteiger partial charge is 0.407 e. The summed E-state index contributed by atoms with van der Waals surface area (Å²) >= 11 is 0. The molecular weight excluding hydrogens is 232 g/mol. The van der Waals surface area contributed by atoms with E-state index >= 15 is 0 Å². The van der Waals surface area contributed by atoms with Gasteiger partial charge in [0, 0.05) is 6.54 Å². The lowest BCUT2D eigenvalue weighted by Crippen LogP contribution is -2.36. The van der Waals surface area contributed by atoms with Crippen LogP contribution < -0.4 is 0 Å². The maximum absolute atomic E-state index is 10.8. The van der Waals surface area contributed by atoms with Crippen LogP contribution in [0.4, 0.5) is 4.79 Å². The third-order valence-electron chi connectivity index (χ3n) is 2.52. The molecule has 0 radical (unpaired) electrons. The maximum atomic E-state index is 10.8. The molecule has 0 saturated heterocycles. The summed E-state index contributed by atoms with van der Waals surface area (Å²) in [6, 6.07) is 9.68. The molecule has 5 heteroatoms. The Balaban J connectivity index is 1.88. The molecule has 0 bridgehead atoms. The number of carbonyl (C=O) groups is 1. The molecule has 1 aliphatic rings. The molecule has 0 unspecified atom stereocenters. The van der Waals surface area contributed by atoms with Gasteiger partial charge in [0.1, 0.15) is 6.61 Å². The van der Waals surface area contributed by atoms with E-state index in [-0.39, 0.29) is 6.54 Å². The first kappa shape index (κ1) is 12.2. The van der Waals surface area contributed by atoms with Crippen molar-refractivity contribution < 1.29 is 14.7 Å². The van der Waals surface area contributed by atoms with Crippen LogP contribution in [-0.4, -0.2) is 34.9 Å². The highest BCUT2D eigenvalue weighted by atomic mass is 16.6. The van der Waals surface area contributed by atoms with Crippen molar-refractivity contribution in [1.82, 2.24) is 4.90 Å². The average Bonchev–Trinajstić information content (AvgIpc) is 2.40. The van der Waals surface area contributed by atoms with E-state index in [0.29, 0.717) is 18.9 Å². The molecule has 1 N–H and O–H groups in total. The van der Waals surface area contributed by atoms with Crippen LogP contribution in [0.5, 0.6) is 0 Å². The molecule has 2 rings (SSSR count). The van der Waals surface area contributed by atoms with Crippen LogP contribution in [0.3, 0.4) is 0 Å². The van der Waals surface area contributed by atoms with Gasteiger partial charge in [-0.2, -0.15) is 0 Å². The number of rotatable bonds is 3. The Morgan fingerprint density at radius 3 is 2.89 bits per heavy atom. The van der Waals surface area contributed by atoms with Crippen molar-refractivity contribution in [3.05, 3.63) is 48.0 Å². The van der Waals surface area contributed by atoms with Crippen molar-refractivity contribution in [3.8, 4) is 0 Å². The molecule has 1 heterocycles. The lowest BCUT2D eigenvalue weighted by molar-refractivity contribution is 0.128. The molecule has 0 fully saturated rings. The summed E-state index contributed by atoms with van der Waals surface area (Å²) in [7, 11) is 0. The Morgan fingerprint density at radius 1 is 1.39 bits per heavy atom. The van der Waals surface area contributed by atoms with E-state index < -0.39 is 6.09 Å². The molecule has 94 valence electrons. The summed E-state index contributed by atoms with van der Waals surface area (Å²) in [5.41, 5.74) is 1.64. The van der Waals surface area contributed by atoms with Gasteiger partial charge in [-0.05, 0) is 11.6 Å². The second-order valence-electron chi connectivity index (χ2n) is 3.91. The van der Waals surface area contributed by atoms with Gasteiger partial charge in [0.25, 0.3) is 0 Å². The van der Waals surface area contributed by atoms with Crippen LogP contribution in [0.1, 0.15) is 5.56 Å². The first-order chi connectivity index (χ1) is 8.75. The van der Waals surface area contributed by atoms with Crippen molar-refractivity contribution in [1.29, 1.82) is 0 Å². The zero-order valence-corrected chi connectivity index (χ0v) is 9.82. The third-order valence-corrected chi connectivity index (χ3v) is 2.52. The molecule has 0 atom stereocenters. The summed E-state index contributed by atoms with van der Waals surface area (Å²) in [4.78, 5) is 17.3. The summed E-state index contributed by atoms with van der Waals surface area (Å²) in [5, 5.41) is 12.8. The predicted octanol–water partition coefficient (Wildman–Crippen LogP) is 2.11. The number of carboxylic acid groups (broad SMARTS) is 1. The minimum atomic E-state index is -0.949. The number of hydrogen-bond acceptors (Lipinski definition) is 3. The Hall–Kier alpha value is -2.30. The third kappa shape index (κ3) is 3.35. The fourth-order valence-corrected chi connectivity index (χ4v) is 1.60. The quantitative estimate of drug-likeness (QED) is 0.831. The SMILES string of the molecule is O=C(O)N1CC=C/C(=N/OCc2ccccc2)C1. The van der Waals surface area contributed by atoms with Gasteiger partial charge in [0.2, 0.25) is 0 Å². The highest BCUT2D eigenvalue weighted by Crippen LogP contribution is 2.04. The van der Waals surface area contributed by atoms with E-state index in [9.17, 15) is 4.79 Å². The number of oxime groups is 1. The molecule has 1 aliphatic heterocycles. The minimum absolute atomic E-state index is 0.265. The highest BCUT2D eigenvalue weighted by Gasteiger charge is 2.15. The van der Waals surface area contributed by atoms with Gasteiger partial charge in [0.15, 0.2) is 0 Å². The van der Waals surface area contributed by atoms with E-state index in [2.05, 4.69) is 5.16 Å². The van der Waals surface area contributed by atoms with Crippen molar-refractivity contribution in [2.45, 2.75) is 6.61 Å². The van der Waals surface area contributed by atoms with Gasteiger partial charge in [-0.15, -0.1) is 0 Å². The molecule has 0 saturated carbocycles. The largest absolute Gasteiger partial charge is 0.465 e. The topological polar surface area (TPSA) is 62.1 Å². The number of nitrogens with zero attached hydrogens (tertiary/aromatic N) is 2. The van der Waals surface area contributed by atoms with Gasteiger partial charge in [-0.1, -0.05) is 41.6 Å². The monoisotopic (exact) mass is 246 g/mol. The first-order valence-corrected chi connectivity index (χ1v) is 5.63. The second-order valence-corrected chi connectivity index (χ2v) is 3.91. The molecule has 0 aliphatic carbocycles. The van der Waals surface area contributed by atoms with Crippen LogP contribution in [0.2, 0.25) is 0 Å². The summed E-state index contributed by atoms with van der Waals surface area (Å²) in [6.07, 6.45) is 2.59. The number of benzene rings is 1. The van der Waals surface area contributed by atoms with E-state index in [1.165, 1.54) is 4.90 Å². The Bertz CT molecular complexity index is 468. The molecular formula is C13H14N2O3. The van der Waals surface area contributed by atoms with Gasteiger partial charge in [-0.25, -0.2) is 4.79 Å². The summed E-state index contributed by atoms with van der Waals surface area (Å²) in [5.74, 6) is 0. The van der Waals surface area contributed by atoms with Gasteiger partial charge < -0.3 is 9.94 Å². The fraction of sp³-hybridized carbons (Fsp3) is 0.231. The second kappa shape index (κ2) is 5.86. The van der Waals surface area contributed by atoms with E-state index in [0.717, 1.165) is 5.56 Å². The van der Waals surface area contributed by atoms with Crippen molar-refractivity contribution >= 4 is 11.8 Å². The summed E-state index contributed by atoms with van der Waals surface area (Å²) in [6.45, 7) is 1.04. The molecule has 1 aromatic carbocycles. The average molecular weight is 246 g/mol. The predicted molar refractivity (Wildman–Crippen MR) is 67.4 cm³/mol. The summed E-state index contributed by atoms with van der Waals surface area (Å²) < 4.78 is 0. The van der Waals surface area contributed by atoms with E-state index in [1.54, 1.807) is 12.2 Å². The van der Waals surface area contributed by atoms with Crippen LogP contribution in [-0.2, 0) is 11.4 Å². The maximum Gasteiger partial charge on any atom is 0.407 e. The van der Waals surface area contributed by atoms with Crippen molar-refractivity contribution in [2.75, 3.05) is 13.1 Å². The standard InChI is InChI=1S/C13H14N2O3/c16-13(17)15-8-4-7-12(9-15)14-18-10-11-5-2-1-3-6-11/h1-7H,8-10H2,(H,16,17)/b14-12-. The molecule has 1 aromatic rings. The van der Waals surface area contributed by atoms with Crippen LogP contribution in [0, 0.1) is 0 Å². The van der Waals surface area contributed by atoms with Gasteiger partial charge >= 0.3 is 6.09 Å². The minimum Gasteiger partial charge on any atom is -0.465 e. The molecule has 18 heavy (non-hydrogen) atoms. The normalized spacial score (nSPS) is 16.9. The van der Waals surface area contributed by atoms with Gasteiger partial charge in [0.05, 0.1) is 12.3 Å². The Morgan fingerprint density at radius 2 is 2.17 bits per heavy atom. The van der Waals surface area contributed by atoms with E-state index in [1.807, 2.05) is 30.3 Å². The molecule has 0 spiro atoms.